The Morgan fingerprint density at radius 3 is 1.00 bits per heavy atom. The van der Waals surface area contributed by atoms with Gasteiger partial charge < -0.3 is 5.11 Å². The van der Waals surface area contributed by atoms with Gasteiger partial charge in [-0.15, -0.1) is 0 Å². The number of aliphatic hydroxyl groups is 1. The van der Waals surface area contributed by atoms with Gasteiger partial charge in [0.2, 0.25) is 0 Å². The van der Waals surface area contributed by atoms with E-state index in [4.69, 9.17) is 0 Å². The van der Waals surface area contributed by atoms with Gasteiger partial charge in [-0.25, -0.2) is 0 Å². The molecule has 3 rings (SSSR count). The van der Waals surface area contributed by atoms with Crippen LogP contribution in [0.1, 0.15) is 95.7 Å². The van der Waals surface area contributed by atoms with E-state index in [2.05, 4.69) is 111 Å². The van der Waals surface area contributed by atoms with Gasteiger partial charge in [0.05, 0.1) is 0 Å². The normalized spacial score (nSPS) is 12.8. The Bertz CT molecular complexity index is 1100. The molecule has 0 aliphatic carbocycles. The SMILES string of the molecule is CC(C)(C)c1ccc(C#CC(O)(c2ccc(C(C)(C)C)cc2)c2ccc(C(C)(C)C)cc2)cc1. The third-order valence-electron chi connectivity index (χ3n) is 6.48. The first-order valence-corrected chi connectivity index (χ1v) is 12.2. The van der Waals surface area contributed by atoms with E-state index < -0.39 is 5.60 Å². The van der Waals surface area contributed by atoms with Crippen molar-refractivity contribution in [2.24, 2.45) is 0 Å². The Morgan fingerprint density at radius 1 is 0.441 bits per heavy atom. The first-order chi connectivity index (χ1) is 15.6. The molecule has 0 atom stereocenters. The van der Waals surface area contributed by atoms with Crippen molar-refractivity contribution < 1.29 is 5.11 Å². The monoisotopic (exact) mass is 452 g/mol. The highest BCUT2D eigenvalue weighted by atomic mass is 16.3. The van der Waals surface area contributed by atoms with Gasteiger partial charge in [-0.05, 0) is 45.1 Å². The molecule has 34 heavy (non-hydrogen) atoms. The Balaban J connectivity index is 2.09. The standard InChI is InChI=1S/C33H40O/c1-30(2,3)25-12-10-24(11-13-25)22-23-33(34,28-18-14-26(15-19-28)31(4,5)6)29-20-16-27(17-21-29)32(7,8)9/h10-21,34H,1-9H3. The lowest BCUT2D eigenvalue weighted by molar-refractivity contribution is 0.145. The zero-order chi connectivity index (χ0) is 25.4. The van der Waals surface area contributed by atoms with Crippen molar-refractivity contribution in [3.63, 3.8) is 0 Å². The summed E-state index contributed by atoms with van der Waals surface area (Å²) in [6.45, 7) is 19.8. The molecule has 178 valence electrons. The number of hydrogen-bond donors (Lipinski definition) is 1. The summed E-state index contributed by atoms with van der Waals surface area (Å²) in [4.78, 5) is 0. The number of benzene rings is 3. The fourth-order valence-corrected chi connectivity index (χ4v) is 3.95. The van der Waals surface area contributed by atoms with Gasteiger partial charge in [-0.1, -0.05) is 135 Å². The zero-order valence-electron chi connectivity index (χ0n) is 22.4. The summed E-state index contributed by atoms with van der Waals surface area (Å²) in [5.41, 5.74) is 4.96. The van der Waals surface area contributed by atoms with Crippen molar-refractivity contribution in [2.45, 2.75) is 84.2 Å². The molecule has 1 N–H and O–H groups in total. The van der Waals surface area contributed by atoms with E-state index in [-0.39, 0.29) is 16.2 Å². The van der Waals surface area contributed by atoms with Gasteiger partial charge in [-0.3, -0.25) is 0 Å². The molecule has 0 spiro atoms. The van der Waals surface area contributed by atoms with Crippen LogP contribution in [0.25, 0.3) is 0 Å². The maximum Gasteiger partial charge on any atom is 0.177 e. The molecule has 0 radical (unpaired) electrons. The van der Waals surface area contributed by atoms with E-state index in [0.717, 1.165) is 16.7 Å². The van der Waals surface area contributed by atoms with E-state index in [1.807, 2.05) is 36.4 Å². The van der Waals surface area contributed by atoms with Crippen molar-refractivity contribution in [3.05, 3.63) is 106 Å². The molecule has 0 fully saturated rings. The average molecular weight is 453 g/mol. The van der Waals surface area contributed by atoms with Crippen molar-refractivity contribution in [2.75, 3.05) is 0 Å². The summed E-state index contributed by atoms with van der Waals surface area (Å²) >= 11 is 0. The third kappa shape index (κ3) is 5.81. The van der Waals surface area contributed by atoms with Crippen LogP contribution in [-0.2, 0) is 21.8 Å². The topological polar surface area (TPSA) is 20.2 Å². The molecule has 0 aliphatic heterocycles. The highest BCUT2D eigenvalue weighted by Gasteiger charge is 2.30. The second-order valence-corrected chi connectivity index (χ2v) is 12.4. The van der Waals surface area contributed by atoms with E-state index >= 15 is 0 Å². The molecular formula is C33H40O. The molecule has 0 heterocycles. The van der Waals surface area contributed by atoms with Gasteiger partial charge in [0.1, 0.15) is 0 Å². The molecule has 3 aromatic rings. The van der Waals surface area contributed by atoms with Gasteiger partial charge in [0.25, 0.3) is 0 Å². The van der Waals surface area contributed by atoms with Gasteiger partial charge in [0.15, 0.2) is 5.60 Å². The van der Waals surface area contributed by atoms with Crippen molar-refractivity contribution >= 4 is 0 Å². The van der Waals surface area contributed by atoms with Gasteiger partial charge >= 0.3 is 0 Å². The maximum absolute atomic E-state index is 12.0. The van der Waals surface area contributed by atoms with Gasteiger partial charge in [-0.2, -0.15) is 0 Å². The molecule has 3 aromatic carbocycles. The molecule has 1 nitrogen and oxygen atoms in total. The summed E-state index contributed by atoms with van der Waals surface area (Å²) in [6.07, 6.45) is 0. The fourth-order valence-electron chi connectivity index (χ4n) is 3.95. The fraction of sp³-hybridized carbons (Fsp3) is 0.394. The van der Waals surface area contributed by atoms with Crippen LogP contribution in [0, 0.1) is 11.8 Å². The molecule has 1 heteroatoms. The van der Waals surface area contributed by atoms with E-state index in [9.17, 15) is 5.11 Å². The van der Waals surface area contributed by atoms with Crippen LogP contribution in [-0.4, -0.2) is 5.11 Å². The van der Waals surface area contributed by atoms with Crippen LogP contribution in [0.5, 0.6) is 0 Å². The number of hydrogen-bond acceptors (Lipinski definition) is 1. The summed E-state index contributed by atoms with van der Waals surface area (Å²) in [6, 6.07) is 24.8. The van der Waals surface area contributed by atoms with Crippen LogP contribution in [0.2, 0.25) is 0 Å². The second kappa shape index (κ2) is 9.09. The average Bonchev–Trinajstić information content (AvgIpc) is 2.76. The summed E-state index contributed by atoms with van der Waals surface area (Å²) < 4.78 is 0. The Morgan fingerprint density at radius 2 is 0.706 bits per heavy atom. The first-order valence-electron chi connectivity index (χ1n) is 12.2. The van der Waals surface area contributed by atoms with E-state index in [1.165, 1.54) is 16.7 Å². The molecule has 0 saturated carbocycles. The van der Waals surface area contributed by atoms with Crippen LogP contribution >= 0.6 is 0 Å². The predicted molar refractivity (Wildman–Crippen MR) is 145 cm³/mol. The Kier molecular flexibility index (Phi) is 6.89. The minimum atomic E-state index is -1.41. The maximum atomic E-state index is 12.0. The lowest BCUT2D eigenvalue weighted by atomic mass is 9.81. The molecule has 0 unspecified atom stereocenters. The Labute approximate surface area is 207 Å². The predicted octanol–water partition coefficient (Wildman–Crippen LogP) is 7.87. The van der Waals surface area contributed by atoms with Crippen molar-refractivity contribution in [3.8, 4) is 11.8 Å². The molecule has 0 aliphatic rings. The van der Waals surface area contributed by atoms with Crippen LogP contribution < -0.4 is 0 Å². The highest BCUT2D eigenvalue weighted by molar-refractivity contribution is 5.49. The van der Waals surface area contributed by atoms with Crippen molar-refractivity contribution in [1.29, 1.82) is 0 Å². The largest absolute Gasteiger partial charge is 0.369 e. The van der Waals surface area contributed by atoms with Crippen molar-refractivity contribution in [1.82, 2.24) is 0 Å². The zero-order valence-corrected chi connectivity index (χ0v) is 22.4. The van der Waals surface area contributed by atoms with Crippen LogP contribution in [0.4, 0.5) is 0 Å². The molecule has 0 amide bonds. The Hall–Kier alpha value is -2.82. The van der Waals surface area contributed by atoms with Crippen LogP contribution in [0.3, 0.4) is 0 Å². The van der Waals surface area contributed by atoms with E-state index in [1.54, 1.807) is 0 Å². The smallest absolute Gasteiger partial charge is 0.177 e. The van der Waals surface area contributed by atoms with E-state index in [0.29, 0.717) is 0 Å². The summed E-state index contributed by atoms with van der Waals surface area (Å²) in [5.74, 6) is 6.48. The summed E-state index contributed by atoms with van der Waals surface area (Å²) in [7, 11) is 0. The molecule has 0 bridgehead atoms. The third-order valence-corrected chi connectivity index (χ3v) is 6.48. The minimum Gasteiger partial charge on any atom is -0.369 e. The quantitative estimate of drug-likeness (QED) is 0.392. The first kappa shape index (κ1) is 25.8. The highest BCUT2D eigenvalue weighted by Crippen LogP contribution is 2.33. The van der Waals surface area contributed by atoms with Crippen LogP contribution in [0.15, 0.2) is 72.8 Å². The summed E-state index contributed by atoms with van der Waals surface area (Å²) in [5, 5.41) is 12.0. The molecule has 0 aromatic heterocycles. The lowest BCUT2D eigenvalue weighted by Crippen LogP contribution is -2.26. The second-order valence-electron chi connectivity index (χ2n) is 12.4. The number of rotatable bonds is 2. The molecule has 0 saturated heterocycles. The molecular weight excluding hydrogens is 412 g/mol. The lowest BCUT2D eigenvalue weighted by Gasteiger charge is -2.27. The minimum absolute atomic E-state index is 0.0471. The van der Waals surface area contributed by atoms with Gasteiger partial charge in [0, 0.05) is 16.7 Å².